The van der Waals surface area contributed by atoms with E-state index in [1.54, 1.807) is 18.6 Å². The van der Waals surface area contributed by atoms with Gasteiger partial charge in [-0.1, -0.05) is 42.5 Å². The van der Waals surface area contributed by atoms with Crippen molar-refractivity contribution in [3.05, 3.63) is 96.1 Å². The third-order valence-electron chi connectivity index (χ3n) is 4.54. The van der Waals surface area contributed by atoms with E-state index < -0.39 is 6.04 Å². The SMILES string of the molecule is CC(NC(=O)C(NC(C)c1cccnc1)c1ccccc1)c1cccnc1. The van der Waals surface area contributed by atoms with Crippen LogP contribution in [0.25, 0.3) is 0 Å². The molecule has 0 aliphatic heterocycles. The van der Waals surface area contributed by atoms with Gasteiger partial charge < -0.3 is 5.32 Å². The van der Waals surface area contributed by atoms with Gasteiger partial charge in [0.2, 0.25) is 5.91 Å². The first-order chi connectivity index (χ1) is 13.1. The topological polar surface area (TPSA) is 66.9 Å². The van der Waals surface area contributed by atoms with Crippen molar-refractivity contribution in [1.82, 2.24) is 20.6 Å². The number of nitrogens with one attached hydrogen (secondary N) is 2. The van der Waals surface area contributed by atoms with Crippen LogP contribution >= 0.6 is 0 Å². The molecule has 27 heavy (non-hydrogen) atoms. The smallest absolute Gasteiger partial charge is 0.242 e. The summed E-state index contributed by atoms with van der Waals surface area (Å²) in [5.41, 5.74) is 2.92. The first kappa shape index (κ1) is 18.7. The van der Waals surface area contributed by atoms with Gasteiger partial charge in [0, 0.05) is 30.8 Å². The van der Waals surface area contributed by atoms with Crippen molar-refractivity contribution in [2.75, 3.05) is 0 Å². The van der Waals surface area contributed by atoms with Crippen LogP contribution in [0.2, 0.25) is 0 Å². The number of nitrogens with zero attached hydrogens (tertiary/aromatic N) is 2. The Morgan fingerprint density at radius 1 is 0.778 bits per heavy atom. The summed E-state index contributed by atoms with van der Waals surface area (Å²) in [6.07, 6.45) is 7.05. The molecule has 0 bridgehead atoms. The summed E-state index contributed by atoms with van der Waals surface area (Å²) in [5.74, 6) is -0.0757. The predicted octanol–water partition coefficient (Wildman–Crippen LogP) is 3.75. The largest absolute Gasteiger partial charge is 0.348 e. The molecule has 3 rings (SSSR count). The molecule has 0 aliphatic rings. The van der Waals surface area contributed by atoms with E-state index in [0.717, 1.165) is 16.7 Å². The van der Waals surface area contributed by atoms with E-state index in [1.165, 1.54) is 0 Å². The summed E-state index contributed by atoms with van der Waals surface area (Å²) in [7, 11) is 0. The lowest BCUT2D eigenvalue weighted by atomic mass is 10.0. The van der Waals surface area contributed by atoms with Gasteiger partial charge in [-0.25, -0.2) is 0 Å². The van der Waals surface area contributed by atoms with Gasteiger partial charge >= 0.3 is 0 Å². The van der Waals surface area contributed by atoms with Gasteiger partial charge in [-0.3, -0.25) is 20.1 Å². The van der Waals surface area contributed by atoms with Crippen molar-refractivity contribution in [3.63, 3.8) is 0 Å². The Morgan fingerprint density at radius 3 is 1.89 bits per heavy atom. The molecular weight excluding hydrogens is 336 g/mol. The van der Waals surface area contributed by atoms with Crippen LogP contribution in [0, 0.1) is 0 Å². The zero-order valence-corrected chi connectivity index (χ0v) is 15.5. The molecule has 0 saturated heterocycles. The molecule has 5 heteroatoms. The van der Waals surface area contributed by atoms with Crippen LogP contribution in [0.4, 0.5) is 0 Å². The number of pyridine rings is 2. The highest BCUT2D eigenvalue weighted by Gasteiger charge is 2.24. The zero-order valence-electron chi connectivity index (χ0n) is 15.5. The van der Waals surface area contributed by atoms with Gasteiger partial charge in [-0.05, 0) is 42.7 Å². The van der Waals surface area contributed by atoms with Gasteiger partial charge in [-0.15, -0.1) is 0 Å². The van der Waals surface area contributed by atoms with Gasteiger partial charge in [0.1, 0.15) is 6.04 Å². The standard InChI is InChI=1S/C22H24N4O/c1-16(19-10-6-12-23-14-19)25-21(18-8-4-3-5-9-18)22(27)26-17(2)20-11-7-13-24-15-20/h3-17,21,25H,1-2H3,(H,26,27). The molecule has 5 nitrogen and oxygen atoms in total. The number of amides is 1. The van der Waals surface area contributed by atoms with Crippen molar-refractivity contribution >= 4 is 5.91 Å². The Hall–Kier alpha value is -3.05. The molecule has 138 valence electrons. The minimum atomic E-state index is -0.472. The van der Waals surface area contributed by atoms with Gasteiger partial charge in [0.25, 0.3) is 0 Å². The molecule has 2 N–H and O–H groups in total. The van der Waals surface area contributed by atoms with Crippen LogP contribution in [-0.2, 0) is 4.79 Å². The van der Waals surface area contributed by atoms with Crippen molar-refractivity contribution in [2.24, 2.45) is 0 Å². The molecule has 3 aromatic rings. The normalized spacial score (nSPS) is 14.1. The lowest BCUT2D eigenvalue weighted by Crippen LogP contribution is -2.39. The van der Waals surface area contributed by atoms with E-state index in [-0.39, 0.29) is 18.0 Å². The fourth-order valence-electron chi connectivity index (χ4n) is 2.96. The maximum atomic E-state index is 13.1. The summed E-state index contributed by atoms with van der Waals surface area (Å²) in [6, 6.07) is 16.9. The molecule has 2 heterocycles. The van der Waals surface area contributed by atoms with Crippen molar-refractivity contribution < 1.29 is 4.79 Å². The molecule has 0 radical (unpaired) electrons. The van der Waals surface area contributed by atoms with Crippen molar-refractivity contribution in [2.45, 2.75) is 32.0 Å². The molecule has 0 saturated carbocycles. The molecule has 0 spiro atoms. The van der Waals surface area contributed by atoms with Crippen LogP contribution < -0.4 is 10.6 Å². The lowest BCUT2D eigenvalue weighted by Gasteiger charge is -2.25. The highest BCUT2D eigenvalue weighted by Crippen LogP contribution is 2.21. The van der Waals surface area contributed by atoms with Crippen LogP contribution in [0.1, 0.15) is 48.7 Å². The van der Waals surface area contributed by atoms with Crippen LogP contribution in [0.15, 0.2) is 79.4 Å². The second-order valence-corrected chi connectivity index (χ2v) is 6.54. The third kappa shape index (κ3) is 4.99. The third-order valence-corrected chi connectivity index (χ3v) is 4.54. The van der Waals surface area contributed by atoms with Crippen LogP contribution in [0.3, 0.4) is 0 Å². The predicted molar refractivity (Wildman–Crippen MR) is 106 cm³/mol. The van der Waals surface area contributed by atoms with E-state index in [1.807, 2.05) is 74.6 Å². The number of benzene rings is 1. The number of hydrogen-bond acceptors (Lipinski definition) is 4. The maximum Gasteiger partial charge on any atom is 0.242 e. The molecule has 3 atom stereocenters. The summed E-state index contributed by atoms with van der Waals surface area (Å²) in [6.45, 7) is 3.99. The van der Waals surface area contributed by atoms with E-state index in [0.29, 0.717) is 0 Å². The molecule has 3 unspecified atom stereocenters. The summed E-state index contributed by atoms with van der Waals surface area (Å²) in [5, 5.41) is 6.53. The Balaban J connectivity index is 1.78. The van der Waals surface area contributed by atoms with Gasteiger partial charge in [0.05, 0.1) is 6.04 Å². The van der Waals surface area contributed by atoms with E-state index in [4.69, 9.17) is 0 Å². The number of carbonyl (C=O) groups excluding carboxylic acids is 1. The van der Waals surface area contributed by atoms with Gasteiger partial charge in [-0.2, -0.15) is 0 Å². The first-order valence-electron chi connectivity index (χ1n) is 9.06. The number of carbonyl (C=O) groups is 1. The minimum absolute atomic E-state index is 0.0247. The first-order valence-corrected chi connectivity index (χ1v) is 9.06. The second-order valence-electron chi connectivity index (χ2n) is 6.54. The second kappa shape index (κ2) is 9.05. The fourth-order valence-corrected chi connectivity index (χ4v) is 2.96. The number of rotatable bonds is 7. The summed E-state index contributed by atoms with van der Waals surface area (Å²) in [4.78, 5) is 21.4. The molecule has 0 aliphatic carbocycles. The van der Waals surface area contributed by atoms with Crippen LogP contribution in [-0.4, -0.2) is 15.9 Å². The molecule has 1 amide bonds. The Morgan fingerprint density at radius 2 is 1.33 bits per heavy atom. The number of aromatic nitrogens is 2. The van der Waals surface area contributed by atoms with E-state index in [2.05, 4.69) is 20.6 Å². The zero-order chi connectivity index (χ0) is 19.1. The van der Waals surface area contributed by atoms with Gasteiger partial charge in [0.15, 0.2) is 0 Å². The Labute approximate surface area is 159 Å². The molecule has 1 aromatic carbocycles. The average Bonchev–Trinajstić information content (AvgIpc) is 2.73. The minimum Gasteiger partial charge on any atom is -0.348 e. The number of hydrogen-bond donors (Lipinski definition) is 2. The molecule has 2 aromatic heterocycles. The Kier molecular flexibility index (Phi) is 6.28. The summed E-state index contributed by atoms with van der Waals surface area (Å²) >= 11 is 0. The van der Waals surface area contributed by atoms with Crippen molar-refractivity contribution in [3.8, 4) is 0 Å². The Bertz CT molecular complexity index is 840. The quantitative estimate of drug-likeness (QED) is 0.673. The average molecular weight is 360 g/mol. The highest BCUT2D eigenvalue weighted by molar-refractivity contribution is 5.83. The van der Waals surface area contributed by atoms with E-state index >= 15 is 0 Å². The lowest BCUT2D eigenvalue weighted by molar-refractivity contribution is -0.124. The highest BCUT2D eigenvalue weighted by atomic mass is 16.2. The van der Waals surface area contributed by atoms with Crippen LogP contribution in [0.5, 0.6) is 0 Å². The maximum absolute atomic E-state index is 13.1. The molecular formula is C22H24N4O. The van der Waals surface area contributed by atoms with Crippen molar-refractivity contribution in [1.29, 1.82) is 0 Å². The molecule has 0 fully saturated rings. The summed E-state index contributed by atoms with van der Waals surface area (Å²) < 4.78 is 0. The monoisotopic (exact) mass is 360 g/mol. The fraction of sp³-hybridized carbons (Fsp3) is 0.227. The van der Waals surface area contributed by atoms with E-state index in [9.17, 15) is 4.79 Å².